The highest BCUT2D eigenvalue weighted by molar-refractivity contribution is 9.11. The van der Waals surface area contributed by atoms with Crippen molar-refractivity contribution in [2.24, 2.45) is 5.10 Å². The van der Waals surface area contributed by atoms with E-state index in [1.54, 1.807) is 24.3 Å². The Balaban J connectivity index is 2.03. The van der Waals surface area contributed by atoms with Gasteiger partial charge in [0.25, 0.3) is 5.91 Å². The van der Waals surface area contributed by atoms with Gasteiger partial charge in [0.05, 0.1) is 10.7 Å². The number of hydrogen-bond donors (Lipinski definition) is 2. The maximum atomic E-state index is 12.0. The molecule has 0 bridgehead atoms. The fourth-order valence-electron chi connectivity index (χ4n) is 2.23. The van der Waals surface area contributed by atoms with Crippen molar-refractivity contribution in [2.45, 2.75) is 26.7 Å². The zero-order valence-electron chi connectivity index (χ0n) is 14.7. The fraction of sp³-hybridized carbons (Fsp3) is 0.263. The van der Waals surface area contributed by atoms with Crippen LogP contribution in [0.25, 0.3) is 0 Å². The minimum atomic E-state index is -0.390. The van der Waals surface area contributed by atoms with Crippen LogP contribution in [0.2, 0.25) is 0 Å². The van der Waals surface area contributed by atoms with Gasteiger partial charge in [-0.05, 0) is 58.1 Å². The summed E-state index contributed by atoms with van der Waals surface area (Å²) < 4.78 is 7.55. The molecule has 7 heteroatoms. The molecular weight excluding hydrogens is 464 g/mol. The summed E-state index contributed by atoms with van der Waals surface area (Å²) in [5.74, 6) is 0.595. The molecule has 0 unspecified atom stereocenters. The number of ether oxygens (including phenoxy) is 1. The molecule has 2 aromatic rings. The van der Waals surface area contributed by atoms with Crippen LogP contribution in [0.5, 0.6) is 11.5 Å². The van der Waals surface area contributed by atoms with Gasteiger partial charge in [-0.3, -0.25) is 4.79 Å². The molecule has 0 atom stereocenters. The van der Waals surface area contributed by atoms with Gasteiger partial charge in [0.15, 0.2) is 6.61 Å². The fourth-order valence-corrected chi connectivity index (χ4v) is 3.50. The topological polar surface area (TPSA) is 70.9 Å². The van der Waals surface area contributed by atoms with Gasteiger partial charge < -0.3 is 9.84 Å². The summed E-state index contributed by atoms with van der Waals surface area (Å²) in [5, 5.41) is 13.5. The maximum Gasteiger partial charge on any atom is 0.277 e. The van der Waals surface area contributed by atoms with E-state index in [1.807, 2.05) is 13.0 Å². The lowest BCUT2D eigenvalue weighted by atomic mass is 10.0. The standard InChI is InChI=1S/C19H20Br2N2O3/c1-11(2)14-8-15(20)12(3)18(21)19(14)26-10-17(25)23-22-9-13-6-4-5-7-16(13)24/h4-9,11,24H,10H2,1-3H3,(H,23,25)/b22-9+. The summed E-state index contributed by atoms with van der Waals surface area (Å²) in [6.45, 7) is 5.92. The Bertz CT molecular complexity index is 836. The number of aromatic hydroxyl groups is 1. The van der Waals surface area contributed by atoms with E-state index in [0.717, 1.165) is 20.1 Å². The van der Waals surface area contributed by atoms with Gasteiger partial charge in [-0.1, -0.05) is 41.9 Å². The average molecular weight is 484 g/mol. The molecule has 0 aliphatic heterocycles. The smallest absolute Gasteiger partial charge is 0.277 e. The zero-order valence-corrected chi connectivity index (χ0v) is 17.9. The Morgan fingerprint density at radius 3 is 2.69 bits per heavy atom. The predicted molar refractivity (Wildman–Crippen MR) is 110 cm³/mol. The summed E-state index contributed by atoms with van der Waals surface area (Å²) in [7, 11) is 0. The van der Waals surface area contributed by atoms with Crippen LogP contribution < -0.4 is 10.2 Å². The van der Waals surface area contributed by atoms with E-state index in [4.69, 9.17) is 4.74 Å². The largest absolute Gasteiger partial charge is 0.507 e. The van der Waals surface area contributed by atoms with E-state index in [1.165, 1.54) is 6.21 Å². The minimum Gasteiger partial charge on any atom is -0.507 e. The summed E-state index contributed by atoms with van der Waals surface area (Å²) in [6, 6.07) is 8.73. The first-order chi connectivity index (χ1) is 12.3. The van der Waals surface area contributed by atoms with Gasteiger partial charge in [-0.25, -0.2) is 5.43 Å². The molecule has 0 spiro atoms. The molecule has 0 aromatic heterocycles. The molecule has 5 nitrogen and oxygen atoms in total. The van der Waals surface area contributed by atoms with Gasteiger partial charge >= 0.3 is 0 Å². The van der Waals surface area contributed by atoms with E-state index >= 15 is 0 Å². The quantitative estimate of drug-likeness (QED) is 0.454. The number of carbonyl (C=O) groups is 1. The lowest BCUT2D eigenvalue weighted by Gasteiger charge is -2.18. The number of carbonyl (C=O) groups excluding carboxylic acids is 1. The van der Waals surface area contributed by atoms with Gasteiger partial charge in [-0.15, -0.1) is 0 Å². The second-order valence-corrected chi connectivity index (χ2v) is 7.66. The average Bonchev–Trinajstić information content (AvgIpc) is 2.60. The number of rotatable bonds is 6. The van der Waals surface area contributed by atoms with Crippen molar-refractivity contribution in [2.75, 3.05) is 6.61 Å². The molecule has 0 radical (unpaired) electrons. The van der Waals surface area contributed by atoms with Crippen molar-refractivity contribution in [3.63, 3.8) is 0 Å². The molecule has 0 saturated carbocycles. The molecular formula is C19H20Br2N2O3. The van der Waals surface area contributed by atoms with Crippen LogP contribution in [0, 0.1) is 6.92 Å². The Morgan fingerprint density at radius 1 is 1.35 bits per heavy atom. The molecule has 26 heavy (non-hydrogen) atoms. The first kappa shape index (κ1) is 20.5. The van der Waals surface area contributed by atoms with Crippen LogP contribution >= 0.6 is 31.9 Å². The number of phenols is 1. The predicted octanol–water partition coefficient (Wildman–Crippen LogP) is 4.88. The zero-order chi connectivity index (χ0) is 19.3. The SMILES string of the molecule is Cc1c(Br)cc(C(C)C)c(OCC(=O)N/N=C/c2ccccc2O)c1Br. The number of para-hydroxylation sites is 1. The molecule has 2 aromatic carbocycles. The summed E-state index contributed by atoms with van der Waals surface area (Å²) in [6.07, 6.45) is 1.38. The normalized spacial score (nSPS) is 11.2. The third-order valence-corrected chi connectivity index (χ3v) is 5.51. The van der Waals surface area contributed by atoms with Crippen LogP contribution in [0.3, 0.4) is 0 Å². The highest BCUT2D eigenvalue weighted by Gasteiger charge is 2.17. The third-order valence-electron chi connectivity index (χ3n) is 3.73. The van der Waals surface area contributed by atoms with Crippen molar-refractivity contribution in [1.82, 2.24) is 5.43 Å². The van der Waals surface area contributed by atoms with Crippen LogP contribution in [0.1, 0.15) is 36.5 Å². The second-order valence-electron chi connectivity index (χ2n) is 6.01. The monoisotopic (exact) mass is 482 g/mol. The van der Waals surface area contributed by atoms with Crippen LogP contribution in [-0.4, -0.2) is 23.8 Å². The molecule has 1 amide bonds. The molecule has 0 heterocycles. The summed E-state index contributed by atoms with van der Waals surface area (Å²) >= 11 is 7.08. The third kappa shape index (κ3) is 5.08. The van der Waals surface area contributed by atoms with E-state index < -0.39 is 0 Å². The number of hydrogen-bond acceptors (Lipinski definition) is 4. The van der Waals surface area contributed by atoms with Gasteiger partial charge in [0.1, 0.15) is 11.5 Å². The number of benzene rings is 2. The lowest BCUT2D eigenvalue weighted by Crippen LogP contribution is -2.25. The molecule has 2 N–H and O–H groups in total. The van der Waals surface area contributed by atoms with Crippen molar-refractivity contribution in [3.8, 4) is 11.5 Å². The number of amides is 1. The van der Waals surface area contributed by atoms with Crippen molar-refractivity contribution < 1.29 is 14.6 Å². The first-order valence-electron chi connectivity index (χ1n) is 8.02. The minimum absolute atomic E-state index is 0.0950. The molecule has 0 aliphatic rings. The summed E-state index contributed by atoms with van der Waals surface area (Å²) in [4.78, 5) is 12.0. The highest BCUT2D eigenvalue weighted by atomic mass is 79.9. The number of halogens is 2. The number of phenolic OH excluding ortho intramolecular Hbond substituents is 1. The van der Waals surface area contributed by atoms with Gasteiger partial charge in [-0.2, -0.15) is 5.10 Å². The van der Waals surface area contributed by atoms with Crippen LogP contribution in [-0.2, 0) is 4.79 Å². The molecule has 0 saturated heterocycles. The van der Waals surface area contributed by atoms with Gasteiger partial charge in [0, 0.05) is 10.0 Å². The van der Waals surface area contributed by atoms with Crippen molar-refractivity contribution >= 4 is 44.0 Å². The number of hydrazone groups is 1. The lowest BCUT2D eigenvalue weighted by molar-refractivity contribution is -0.123. The molecule has 0 fully saturated rings. The molecule has 0 aliphatic carbocycles. The Labute approximate surface area is 169 Å². The van der Waals surface area contributed by atoms with E-state index in [2.05, 4.69) is 56.2 Å². The van der Waals surface area contributed by atoms with Crippen molar-refractivity contribution in [1.29, 1.82) is 0 Å². The van der Waals surface area contributed by atoms with E-state index in [0.29, 0.717) is 11.3 Å². The molecule has 2 rings (SSSR count). The van der Waals surface area contributed by atoms with Crippen LogP contribution in [0.15, 0.2) is 44.4 Å². The molecule has 138 valence electrons. The maximum absolute atomic E-state index is 12.0. The highest BCUT2D eigenvalue weighted by Crippen LogP contribution is 2.40. The Morgan fingerprint density at radius 2 is 2.04 bits per heavy atom. The second kappa shape index (κ2) is 9.19. The Hall–Kier alpha value is -1.86. The van der Waals surface area contributed by atoms with E-state index in [-0.39, 0.29) is 24.2 Å². The van der Waals surface area contributed by atoms with Crippen LogP contribution in [0.4, 0.5) is 0 Å². The van der Waals surface area contributed by atoms with E-state index in [9.17, 15) is 9.90 Å². The Kier molecular flexibility index (Phi) is 7.23. The van der Waals surface area contributed by atoms with Crippen molar-refractivity contribution in [3.05, 3.63) is 56.0 Å². The number of nitrogens with zero attached hydrogens (tertiary/aromatic N) is 1. The summed E-state index contributed by atoms with van der Waals surface area (Å²) in [5.41, 5.74) is 4.91. The number of nitrogens with one attached hydrogen (secondary N) is 1. The first-order valence-corrected chi connectivity index (χ1v) is 9.61. The van der Waals surface area contributed by atoms with Gasteiger partial charge in [0.2, 0.25) is 0 Å².